The topological polar surface area (TPSA) is 120 Å². The molecule has 0 saturated carbocycles. The second-order valence-electron chi connectivity index (χ2n) is 6.91. The Morgan fingerprint density at radius 2 is 1.96 bits per heavy atom. The Labute approximate surface area is 157 Å². The van der Waals surface area contributed by atoms with Crippen molar-refractivity contribution in [3.05, 3.63) is 53.1 Å². The van der Waals surface area contributed by atoms with Crippen molar-refractivity contribution in [3.63, 3.8) is 0 Å². The molecule has 0 saturated heterocycles. The first kappa shape index (κ1) is 18.3. The van der Waals surface area contributed by atoms with Crippen LogP contribution in [0.4, 0.5) is 0 Å². The number of carbonyl (C=O) groups is 2. The van der Waals surface area contributed by atoms with Gasteiger partial charge < -0.3 is 5.73 Å². The van der Waals surface area contributed by atoms with Gasteiger partial charge in [0.15, 0.2) is 11.2 Å². The number of amidine groups is 1. The van der Waals surface area contributed by atoms with Gasteiger partial charge >= 0.3 is 0 Å². The Morgan fingerprint density at radius 3 is 2.52 bits per heavy atom. The summed E-state index contributed by atoms with van der Waals surface area (Å²) in [4.78, 5) is 29.0. The van der Waals surface area contributed by atoms with E-state index in [1.807, 2.05) is 36.4 Å². The minimum Gasteiger partial charge on any atom is -0.386 e. The Bertz CT molecular complexity index is 1010. The van der Waals surface area contributed by atoms with Crippen molar-refractivity contribution < 1.29 is 9.59 Å². The maximum Gasteiger partial charge on any atom is 0.270 e. The summed E-state index contributed by atoms with van der Waals surface area (Å²) in [5.74, 6) is -2.07. The molecule has 1 aliphatic carbocycles. The molecule has 3 atom stereocenters. The lowest BCUT2D eigenvalue weighted by molar-refractivity contribution is -0.128. The van der Waals surface area contributed by atoms with E-state index in [2.05, 4.69) is 11.1 Å². The number of nitrogens with zero attached hydrogens (tertiary/aromatic N) is 3. The lowest BCUT2D eigenvalue weighted by Gasteiger charge is -2.43. The summed E-state index contributed by atoms with van der Waals surface area (Å²) in [5, 5.41) is 20.0. The molecule has 3 unspecified atom stereocenters. The standard InChI is InChI=1S/C21H18N4O2/c1-13-10-20(11-22)18(24)25-19(27)21(20,12-23)16(17(13)14(2)26)9-8-15-6-4-3-5-7-15/h3-9,16H,10H2,1-2H3,(H2,24,25,27). The lowest BCUT2D eigenvalue weighted by atomic mass is 9.51. The predicted octanol–water partition coefficient (Wildman–Crippen LogP) is 2.54. The zero-order valence-corrected chi connectivity index (χ0v) is 15.1. The molecule has 0 aromatic heterocycles. The minimum atomic E-state index is -1.85. The predicted molar refractivity (Wildman–Crippen MR) is 99.7 cm³/mol. The molecule has 0 radical (unpaired) electrons. The summed E-state index contributed by atoms with van der Waals surface area (Å²) in [5.41, 5.74) is 4.40. The summed E-state index contributed by atoms with van der Waals surface area (Å²) in [6.45, 7) is 3.13. The molecule has 6 nitrogen and oxygen atoms in total. The number of hydrogen-bond acceptors (Lipinski definition) is 5. The number of aliphatic imine (C=N–C) groups is 1. The summed E-state index contributed by atoms with van der Waals surface area (Å²) in [6, 6.07) is 13.4. The highest BCUT2D eigenvalue weighted by atomic mass is 16.2. The van der Waals surface area contributed by atoms with Crippen LogP contribution in [0.2, 0.25) is 0 Å². The van der Waals surface area contributed by atoms with E-state index in [9.17, 15) is 20.1 Å². The molecule has 0 bridgehead atoms. The number of fused-ring (bicyclic) bond motifs is 1. The van der Waals surface area contributed by atoms with Gasteiger partial charge in [-0.05, 0) is 25.8 Å². The van der Waals surface area contributed by atoms with Gasteiger partial charge in [-0.15, -0.1) is 0 Å². The smallest absolute Gasteiger partial charge is 0.270 e. The molecule has 0 fully saturated rings. The number of carbonyl (C=O) groups excluding carboxylic acids is 2. The van der Waals surface area contributed by atoms with Crippen molar-refractivity contribution in [3.8, 4) is 12.1 Å². The Morgan fingerprint density at radius 1 is 1.30 bits per heavy atom. The molecule has 27 heavy (non-hydrogen) atoms. The second kappa shape index (κ2) is 6.34. The first-order valence-electron chi connectivity index (χ1n) is 8.49. The van der Waals surface area contributed by atoms with Gasteiger partial charge in [0.2, 0.25) is 0 Å². The zero-order chi connectivity index (χ0) is 19.8. The van der Waals surface area contributed by atoms with Crippen LogP contribution in [0.3, 0.4) is 0 Å². The molecule has 6 heteroatoms. The molecule has 2 aliphatic rings. The number of Topliss-reactive ketones (excluding diaryl/α,β-unsaturated/α-hetero) is 1. The highest BCUT2D eigenvalue weighted by Gasteiger charge is 2.70. The van der Waals surface area contributed by atoms with E-state index in [1.165, 1.54) is 6.92 Å². The van der Waals surface area contributed by atoms with Crippen LogP contribution in [-0.2, 0) is 9.59 Å². The largest absolute Gasteiger partial charge is 0.386 e. The number of hydrogen-bond donors (Lipinski definition) is 1. The highest BCUT2D eigenvalue weighted by molar-refractivity contribution is 6.13. The number of amides is 1. The van der Waals surface area contributed by atoms with Crippen LogP contribution in [0.1, 0.15) is 25.8 Å². The SMILES string of the molecule is CC(=O)C1=C(C)CC2(C#N)C(N)=NC(=O)C2(C#N)C1C=Cc1ccccc1. The van der Waals surface area contributed by atoms with E-state index in [1.54, 1.807) is 19.1 Å². The van der Waals surface area contributed by atoms with E-state index < -0.39 is 22.7 Å². The third-order valence-corrected chi connectivity index (χ3v) is 5.46. The molecule has 0 spiro atoms. The van der Waals surface area contributed by atoms with Gasteiger partial charge in [-0.1, -0.05) is 48.1 Å². The molecule has 3 rings (SSSR count). The summed E-state index contributed by atoms with van der Waals surface area (Å²) in [6.07, 6.45) is 3.42. The molecular weight excluding hydrogens is 340 g/mol. The van der Waals surface area contributed by atoms with Crippen molar-refractivity contribution in [1.82, 2.24) is 0 Å². The number of nitriles is 2. The first-order valence-corrected chi connectivity index (χ1v) is 8.49. The van der Waals surface area contributed by atoms with E-state index in [0.717, 1.165) is 5.56 Å². The molecule has 1 amide bonds. The van der Waals surface area contributed by atoms with Crippen LogP contribution in [0.15, 0.2) is 52.5 Å². The fourth-order valence-electron chi connectivity index (χ4n) is 4.21. The first-order chi connectivity index (χ1) is 12.8. The number of rotatable bonds is 3. The fourth-order valence-corrected chi connectivity index (χ4v) is 4.21. The average molecular weight is 358 g/mol. The third-order valence-electron chi connectivity index (χ3n) is 5.46. The van der Waals surface area contributed by atoms with Crippen molar-refractivity contribution in [2.45, 2.75) is 20.3 Å². The average Bonchev–Trinajstić information content (AvgIpc) is 2.87. The molecule has 1 heterocycles. The van der Waals surface area contributed by atoms with Gasteiger partial charge in [0.25, 0.3) is 5.91 Å². The summed E-state index contributed by atoms with van der Waals surface area (Å²) in [7, 11) is 0. The molecule has 1 aliphatic heterocycles. The van der Waals surface area contributed by atoms with E-state index in [0.29, 0.717) is 11.1 Å². The molecule has 2 N–H and O–H groups in total. The van der Waals surface area contributed by atoms with E-state index in [-0.39, 0.29) is 18.0 Å². The normalized spacial score (nSPS) is 29.9. The van der Waals surface area contributed by atoms with Gasteiger partial charge in [0.1, 0.15) is 11.3 Å². The molecule has 134 valence electrons. The number of nitrogens with two attached hydrogens (primary N) is 1. The zero-order valence-electron chi connectivity index (χ0n) is 15.1. The van der Waals surface area contributed by atoms with Gasteiger partial charge in [0.05, 0.1) is 12.1 Å². The number of ketones is 1. The quantitative estimate of drug-likeness (QED) is 0.890. The molecular formula is C21H18N4O2. The maximum atomic E-state index is 12.8. The van der Waals surface area contributed by atoms with Crippen molar-refractivity contribution in [2.75, 3.05) is 0 Å². The van der Waals surface area contributed by atoms with Gasteiger partial charge in [-0.3, -0.25) is 9.59 Å². The monoisotopic (exact) mass is 358 g/mol. The number of allylic oxidation sites excluding steroid dienone is 3. The maximum absolute atomic E-state index is 12.8. The number of benzene rings is 1. The van der Waals surface area contributed by atoms with E-state index >= 15 is 0 Å². The van der Waals surface area contributed by atoms with Gasteiger partial charge in [-0.25, -0.2) is 0 Å². The van der Waals surface area contributed by atoms with Crippen LogP contribution in [0.5, 0.6) is 0 Å². The van der Waals surface area contributed by atoms with Crippen LogP contribution < -0.4 is 5.73 Å². The van der Waals surface area contributed by atoms with Crippen molar-refractivity contribution in [1.29, 1.82) is 10.5 Å². The van der Waals surface area contributed by atoms with Crippen molar-refractivity contribution >= 4 is 23.6 Å². The Kier molecular flexibility index (Phi) is 4.29. The van der Waals surface area contributed by atoms with Gasteiger partial charge in [-0.2, -0.15) is 15.5 Å². The third kappa shape index (κ3) is 2.34. The summed E-state index contributed by atoms with van der Waals surface area (Å²) >= 11 is 0. The molecule has 1 aromatic rings. The Balaban J connectivity index is 2.28. The van der Waals surface area contributed by atoms with Crippen LogP contribution >= 0.6 is 0 Å². The van der Waals surface area contributed by atoms with Crippen molar-refractivity contribution in [2.24, 2.45) is 27.5 Å². The van der Waals surface area contributed by atoms with Crippen LogP contribution in [0, 0.1) is 39.4 Å². The minimum absolute atomic E-state index is 0.0305. The van der Waals surface area contributed by atoms with Gasteiger partial charge in [0, 0.05) is 11.5 Å². The van der Waals surface area contributed by atoms with Crippen LogP contribution in [0.25, 0.3) is 6.08 Å². The Hall–Kier alpha value is -3.51. The molecule has 1 aromatic carbocycles. The lowest BCUT2D eigenvalue weighted by Crippen LogP contribution is -2.55. The van der Waals surface area contributed by atoms with E-state index in [4.69, 9.17) is 5.73 Å². The van der Waals surface area contributed by atoms with Crippen LogP contribution in [-0.4, -0.2) is 17.5 Å². The fraction of sp³-hybridized carbons (Fsp3) is 0.286. The second-order valence-corrected chi connectivity index (χ2v) is 6.91. The summed E-state index contributed by atoms with van der Waals surface area (Å²) < 4.78 is 0. The highest BCUT2D eigenvalue weighted by Crippen LogP contribution is 2.59.